The van der Waals surface area contributed by atoms with Crippen LogP contribution >= 0.6 is 11.6 Å². The van der Waals surface area contributed by atoms with E-state index in [-0.39, 0.29) is 11.6 Å². The standard InChI is InChI=1S/C14H9ClF4O/c15-8-9-5-11(7-12(16)6-9)10-1-3-13(4-2-10)20-14(17,18)19/h1-7H,8H2. The highest BCUT2D eigenvalue weighted by Crippen LogP contribution is 2.27. The predicted octanol–water partition coefficient (Wildman–Crippen LogP) is 5.13. The summed E-state index contributed by atoms with van der Waals surface area (Å²) in [6, 6.07) is 9.47. The Morgan fingerprint density at radius 1 is 0.950 bits per heavy atom. The van der Waals surface area contributed by atoms with Crippen LogP contribution < -0.4 is 4.74 Å². The highest BCUT2D eigenvalue weighted by molar-refractivity contribution is 6.17. The summed E-state index contributed by atoms with van der Waals surface area (Å²) in [5.41, 5.74) is 1.71. The number of alkyl halides is 4. The molecule has 0 heterocycles. The van der Waals surface area contributed by atoms with Crippen LogP contribution in [0.3, 0.4) is 0 Å². The second-order valence-electron chi connectivity index (χ2n) is 4.05. The number of benzene rings is 2. The van der Waals surface area contributed by atoms with E-state index in [1.165, 1.54) is 36.4 Å². The van der Waals surface area contributed by atoms with Gasteiger partial charge in [0.1, 0.15) is 11.6 Å². The molecule has 2 aromatic carbocycles. The molecule has 0 unspecified atom stereocenters. The number of halogens is 5. The van der Waals surface area contributed by atoms with Crippen molar-refractivity contribution >= 4 is 11.6 Å². The van der Waals surface area contributed by atoms with Gasteiger partial charge in [0.15, 0.2) is 0 Å². The van der Waals surface area contributed by atoms with E-state index in [2.05, 4.69) is 4.74 Å². The molecule has 2 rings (SSSR count). The van der Waals surface area contributed by atoms with Crippen molar-refractivity contribution in [1.82, 2.24) is 0 Å². The van der Waals surface area contributed by atoms with E-state index < -0.39 is 12.2 Å². The van der Waals surface area contributed by atoms with Gasteiger partial charge in [0.25, 0.3) is 0 Å². The lowest BCUT2D eigenvalue weighted by atomic mass is 10.0. The first-order chi connectivity index (χ1) is 9.37. The summed E-state index contributed by atoms with van der Waals surface area (Å²) in [5, 5.41) is 0. The smallest absolute Gasteiger partial charge is 0.406 e. The molecule has 0 atom stereocenters. The van der Waals surface area contributed by atoms with Gasteiger partial charge >= 0.3 is 6.36 Å². The zero-order valence-corrected chi connectivity index (χ0v) is 10.8. The van der Waals surface area contributed by atoms with Crippen molar-refractivity contribution < 1.29 is 22.3 Å². The fourth-order valence-corrected chi connectivity index (χ4v) is 1.90. The van der Waals surface area contributed by atoms with Gasteiger partial charge in [0.05, 0.1) is 0 Å². The van der Waals surface area contributed by atoms with E-state index >= 15 is 0 Å². The van der Waals surface area contributed by atoms with Crippen LogP contribution in [0.15, 0.2) is 42.5 Å². The number of ether oxygens (including phenoxy) is 1. The fraction of sp³-hybridized carbons (Fsp3) is 0.143. The van der Waals surface area contributed by atoms with Crippen LogP contribution in [-0.2, 0) is 5.88 Å². The molecule has 6 heteroatoms. The molecular formula is C14H9ClF4O. The average Bonchev–Trinajstić information content (AvgIpc) is 2.37. The number of hydrogen-bond acceptors (Lipinski definition) is 1. The molecule has 0 saturated carbocycles. The SMILES string of the molecule is Fc1cc(CCl)cc(-c2ccc(OC(F)(F)F)cc2)c1. The minimum Gasteiger partial charge on any atom is -0.406 e. The van der Waals surface area contributed by atoms with Gasteiger partial charge in [0, 0.05) is 5.88 Å². The van der Waals surface area contributed by atoms with Gasteiger partial charge < -0.3 is 4.74 Å². The molecule has 0 N–H and O–H groups in total. The van der Waals surface area contributed by atoms with Crippen molar-refractivity contribution in [3.63, 3.8) is 0 Å². The van der Waals surface area contributed by atoms with Crippen molar-refractivity contribution in [2.75, 3.05) is 0 Å². The highest BCUT2D eigenvalue weighted by Gasteiger charge is 2.30. The average molecular weight is 305 g/mol. The third kappa shape index (κ3) is 3.87. The van der Waals surface area contributed by atoms with Gasteiger partial charge in [0.2, 0.25) is 0 Å². The van der Waals surface area contributed by atoms with E-state index in [1.54, 1.807) is 6.07 Å². The van der Waals surface area contributed by atoms with Gasteiger partial charge in [-0.25, -0.2) is 4.39 Å². The molecule has 0 saturated heterocycles. The van der Waals surface area contributed by atoms with E-state index in [9.17, 15) is 17.6 Å². The maximum atomic E-state index is 13.4. The van der Waals surface area contributed by atoms with Crippen LogP contribution in [0.4, 0.5) is 17.6 Å². The Labute approximate surface area is 117 Å². The molecule has 0 aliphatic rings. The van der Waals surface area contributed by atoms with Crippen molar-refractivity contribution in [2.24, 2.45) is 0 Å². The third-order valence-electron chi connectivity index (χ3n) is 2.53. The highest BCUT2D eigenvalue weighted by atomic mass is 35.5. The molecule has 106 valence electrons. The van der Waals surface area contributed by atoms with E-state index in [0.29, 0.717) is 16.7 Å². The quantitative estimate of drug-likeness (QED) is 0.564. The monoisotopic (exact) mass is 304 g/mol. The summed E-state index contributed by atoms with van der Waals surface area (Å²) >= 11 is 5.64. The van der Waals surface area contributed by atoms with E-state index in [4.69, 9.17) is 11.6 Å². The second-order valence-corrected chi connectivity index (χ2v) is 4.32. The molecule has 0 radical (unpaired) electrons. The molecular weight excluding hydrogens is 296 g/mol. The first-order valence-electron chi connectivity index (χ1n) is 5.59. The minimum atomic E-state index is -4.73. The number of hydrogen-bond donors (Lipinski definition) is 0. The Hall–Kier alpha value is -1.75. The van der Waals surface area contributed by atoms with Crippen LogP contribution in [0.1, 0.15) is 5.56 Å². The Morgan fingerprint density at radius 3 is 2.15 bits per heavy atom. The van der Waals surface area contributed by atoms with Gasteiger partial charge in [-0.15, -0.1) is 24.8 Å². The summed E-state index contributed by atoms with van der Waals surface area (Å²) in [7, 11) is 0. The zero-order chi connectivity index (χ0) is 14.8. The van der Waals surface area contributed by atoms with Crippen LogP contribution in [-0.4, -0.2) is 6.36 Å². The molecule has 0 fully saturated rings. The molecule has 1 nitrogen and oxygen atoms in total. The Bertz CT molecular complexity index is 593. The van der Waals surface area contributed by atoms with E-state index in [0.717, 1.165) is 0 Å². The van der Waals surface area contributed by atoms with Crippen LogP contribution in [0.5, 0.6) is 5.75 Å². The zero-order valence-electron chi connectivity index (χ0n) is 10.0. The topological polar surface area (TPSA) is 9.23 Å². The Balaban J connectivity index is 2.28. The second kappa shape index (κ2) is 5.71. The summed E-state index contributed by atoms with van der Waals surface area (Å²) in [6.07, 6.45) is -4.73. The lowest BCUT2D eigenvalue weighted by Gasteiger charge is -2.10. The largest absolute Gasteiger partial charge is 0.573 e. The normalized spacial score (nSPS) is 11.4. The summed E-state index contributed by atoms with van der Waals surface area (Å²) < 4.78 is 53.2. The van der Waals surface area contributed by atoms with Gasteiger partial charge in [-0.05, 0) is 47.0 Å². The predicted molar refractivity (Wildman–Crippen MR) is 68.1 cm³/mol. The Kier molecular flexibility index (Phi) is 4.18. The third-order valence-corrected chi connectivity index (χ3v) is 2.84. The summed E-state index contributed by atoms with van der Waals surface area (Å²) in [5.74, 6) is -0.621. The Morgan fingerprint density at radius 2 is 1.60 bits per heavy atom. The van der Waals surface area contributed by atoms with Crippen LogP contribution in [0.25, 0.3) is 11.1 Å². The van der Waals surface area contributed by atoms with Gasteiger partial charge in [-0.1, -0.05) is 12.1 Å². The minimum absolute atomic E-state index is 0.153. The molecule has 20 heavy (non-hydrogen) atoms. The van der Waals surface area contributed by atoms with Crippen LogP contribution in [0, 0.1) is 5.82 Å². The molecule has 0 aliphatic carbocycles. The lowest BCUT2D eigenvalue weighted by molar-refractivity contribution is -0.274. The van der Waals surface area contributed by atoms with Gasteiger partial charge in [-0.2, -0.15) is 0 Å². The molecule has 0 bridgehead atoms. The molecule has 0 amide bonds. The van der Waals surface area contributed by atoms with Crippen molar-refractivity contribution in [2.45, 2.75) is 12.2 Å². The van der Waals surface area contributed by atoms with Crippen LogP contribution in [0.2, 0.25) is 0 Å². The molecule has 0 aliphatic heterocycles. The maximum absolute atomic E-state index is 13.4. The first-order valence-corrected chi connectivity index (χ1v) is 6.12. The van der Waals surface area contributed by atoms with Crippen molar-refractivity contribution in [1.29, 1.82) is 0 Å². The maximum Gasteiger partial charge on any atom is 0.573 e. The molecule has 2 aromatic rings. The molecule has 0 spiro atoms. The summed E-state index contributed by atoms with van der Waals surface area (Å²) in [4.78, 5) is 0. The van der Waals surface area contributed by atoms with Crippen molar-refractivity contribution in [3.8, 4) is 16.9 Å². The first kappa shape index (κ1) is 14.7. The number of rotatable bonds is 3. The lowest BCUT2D eigenvalue weighted by Crippen LogP contribution is -2.16. The summed E-state index contributed by atoms with van der Waals surface area (Å²) in [6.45, 7) is 0. The fourth-order valence-electron chi connectivity index (χ4n) is 1.74. The van der Waals surface area contributed by atoms with Crippen molar-refractivity contribution in [3.05, 3.63) is 53.8 Å². The van der Waals surface area contributed by atoms with E-state index in [1.807, 2.05) is 0 Å². The van der Waals surface area contributed by atoms with Gasteiger partial charge in [-0.3, -0.25) is 0 Å². The molecule has 0 aromatic heterocycles.